The summed E-state index contributed by atoms with van der Waals surface area (Å²) in [5, 5.41) is 0. The average molecular weight is 571 g/mol. The zero-order valence-corrected chi connectivity index (χ0v) is 25.8. The van der Waals surface area contributed by atoms with Crippen LogP contribution in [0.15, 0.2) is 121 Å². The lowest BCUT2D eigenvalue weighted by molar-refractivity contribution is 0.591. The summed E-state index contributed by atoms with van der Waals surface area (Å²) in [6.45, 7) is 6.91. The number of hydrogen-bond acceptors (Lipinski definition) is 1. The summed E-state index contributed by atoms with van der Waals surface area (Å²) in [6.07, 6.45) is 6.79. The standard InChI is InChI=1S/C42H34S/c1-42(2,3)34-27-37(31-17-9-5-10-18-31)39(38(28-34)32-19-11-6-12-20-32)41-36-22-14-13-21-35(36)40(43-41)33-25-23-30(24-26-33)29-15-7-4-8-16-29/h4-11,13,15-19,21,23-28H,14,22H2,1-3H3. The normalized spacial score (nSPS) is 12.5. The van der Waals surface area contributed by atoms with Crippen molar-refractivity contribution in [1.82, 2.24) is 0 Å². The van der Waals surface area contributed by atoms with Crippen LogP contribution in [-0.2, 0) is 11.8 Å². The molecule has 0 N–H and O–H groups in total. The lowest BCUT2D eigenvalue weighted by atomic mass is 9.80. The van der Waals surface area contributed by atoms with E-state index in [1.807, 2.05) is 17.4 Å². The van der Waals surface area contributed by atoms with Crippen molar-refractivity contribution in [3.63, 3.8) is 0 Å². The van der Waals surface area contributed by atoms with Crippen molar-refractivity contribution in [2.24, 2.45) is 0 Å². The Labute approximate surface area is 260 Å². The molecule has 0 aliphatic heterocycles. The van der Waals surface area contributed by atoms with Crippen molar-refractivity contribution >= 4 is 17.4 Å². The maximum atomic E-state index is 3.46. The third kappa shape index (κ3) is 5.25. The Balaban J connectivity index is 1.49. The Morgan fingerprint density at radius 2 is 1.30 bits per heavy atom. The third-order valence-electron chi connectivity index (χ3n) is 8.40. The van der Waals surface area contributed by atoms with Crippen LogP contribution in [-0.4, -0.2) is 0 Å². The zero-order valence-electron chi connectivity index (χ0n) is 24.9. The second-order valence-electron chi connectivity index (χ2n) is 12.3. The van der Waals surface area contributed by atoms with Crippen LogP contribution < -0.4 is 0 Å². The Morgan fingerprint density at radius 1 is 0.651 bits per heavy atom. The summed E-state index contributed by atoms with van der Waals surface area (Å²) >= 11 is 1.94. The van der Waals surface area contributed by atoms with Gasteiger partial charge in [-0.25, -0.2) is 0 Å². The summed E-state index contributed by atoms with van der Waals surface area (Å²) in [4.78, 5) is 2.71. The molecule has 1 aliphatic carbocycles. The predicted molar refractivity (Wildman–Crippen MR) is 185 cm³/mol. The van der Waals surface area contributed by atoms with E-state index in [1.165, 1.54) is 65.4 Å². The maximum Gasteiger partial charge on any atom is 0.0424 e. The molecule has 0 nitrogen and oxygen atoms in total. The van der Waals surface area contributed by atoms with Gasteiger partial charge in [-0.1, -0.05) is 136 Å². The van der Waals surface area contributed by atoms with Crippen molar-refractivity contribution in [2.45, 2.75) is 39.0 Å². The van der Waals surface area contributed by atoms with Crippen LogP contribution in [0, 0.1) is 12.1 Å². The van der Waals surface area contributed by atoms with Crippen LogP contribution in [0.1, 0.15) is 43.9 Å². The first kappa shape index (κ1) is 27.2. The first-order valence-electron chi connectivity index (χ1n) is 15.1. The molecule has 0 unspecified atom stereocenters. The first-order valence-corrected chi connectivity index (χ1v) is 15.9. The summed E-state index contributed by atoms with van der Waals surface area (Å²) in [7, 11) is 0. The molecule has 1 heteroatoms. The molecule has 5 aromatic carbocycles. The molecule has 1 aliphatic rings. The van der Waals surface area contributed by atoms with E-state index in [9.17, 15) is 0 Å². The summed E-state index contributed by atoms with van der Waals surface area (Å²) in [5.41, 5.74) is 14.0. The predicted octanol–water partition coefficient (Wildman–Crippen LogP) is 11.9. The van der Waals surface area contributed by atoms with Gasteiger partial charge < -0.3 is 0 Å². The van der Waals surface area contributed by atoms with Gasteiger partial charge in [0.2, 0.25) is 0 Å². The largest absolute Gasteiger partial charge is 0.134 e. The van der Waals surface area contributed by atoms with Gasteiger partial charge in [0, 0.05) is 20.9 Å². The summed E-state index contributed by atoms with van der Waals surface area (Å²) in [5.74, 6) is 0. The SMILES string of the molecule is CC(C)(C)c1cc(-c2c#cccc2)c(-c2sc(-c3ccc(-c4ccccc4)cc3)c3c2CCC=C3)c(-c2ccccc2)c1. The molecule has 0 bridgehead atoms. The highest BCUT2D eigenvalue weighted by Crippen LogP contribution is 2.51. The molecule has 0 atom stereocenters. The molecule has 0 amide bonds. The highest BCUT2D eigenvalue weighted by atomic mass is 32.1. The van der Waals surface area contributed by atoms with Gasteiger partial charge in [0.25, 0.3) is 0 Å². The molecule has 43 heavy (non-hydrogen) atoms. The number of fused-ring (bicyclic) bond motifs is 1. The maximum absolute atomic E-state index is 3.46. The van der Waals surface area contributed by atoms with E-state index in [0.29, 0.717) is 0 Å². The third-order valence-corrected chi connectivity index (χ3v) is 9.72. The van der Waals surface area contributed by atoms with Crippen LogP contribution in [0.5, 0.6) is 0 Å². The van der Waals surface area contributed by atoms with E-state index >= 15 is 0 Å². The molecule has 7 rings (SSSR count). The fourth-order valence-electron chi connectivity index (χ4n) is 6.08. The number of hydrogen-bond donors (Lipinski definition) is 0. The molecular weight excluding hydrogens is 537 g/mol. The van der Waals surface area contributed by atoms with Crippen molar-refractivity contribution < 1.29 is 0 Å². The number of allylic oxidation sites excluding steroid dienone is 1. The minimum absolute atomic E-state index is 0.00141. The molecule has 0 fully saturated rings. The monoisotopic (exact) mass is 570 g/mol. The molecular formula is C42H34S. The van der Waals surface area contributed by atoms with Crippen molar-refractivity contribution in [3.05, 3.63) is 150 Å². The van der Waals surface area contributed by atoms with Crippen LogP contribution in [0.2, 0.25) is 0 Å². The molecule has 1 aromatic heterocycles. The van der Waals surface area contributed by atoms with Crippen molar-refractivity contribution in [3.8, 4) is 54.3 Å². The number of thiophene rings is 1. The zero-order chi connectivity index (χ0) is 29.4. The Morgan fingerprint density at radius 3 is 1.98 bits per heavy atom. The Kier molecular flexibility index (Phi) is 7.10. The smallest absolute Gasteiger partial charge is 0.0424 e. The molecule has 1 heterocycles. The second kappa shape index (κ2) is 11.2. The fourth-order valence-corrected chi connectivity index (χ4v) is 7.50. The number of benzene rings is 4. The van der Waals surface area contributed by atoms with Crippen molar-refractivity contribution in [1.29, 1.82) is 0 Å². The van der Waals surface area contributed by atoms with Gasteiger partial charge in [-0.3, -0.25) is 0 Å². The van der Waals surface area contributed by atoms with E-state index < -0.39 is 0 Å². The van der Waals surface area contributed by atoms with Gasteiger partial charge in [0.1, 0.15) is 0 Å². The average Bonchev–Trinajstić information content (AvgIpc) is 3.44. The van der Waals surface area contributed by atoms with Gasteiger partial charge in [-0.2, -0.15) is 0 Å². The Bertz CT molecular complexity index is 1840. The van der Waals surface area contributed by atoms with Gasteiger partial charge in [-0.15, -0.1) is 11.3 Å². The minimum Gasteiger partial charge on any atom is -0.134 e. The molecule has 0 radical (unpaired) electrons. The van der Waals surface area contributed by atoms with Crippen LogP contribution in [0.25, 0.3) is 60.3 Å². The van der Waals surface area contributed by atoms with E-state index in [2.05, 4.69) is 154 Å². The minimum atomic E-state index is -0.00141. The highest BCUT2D eigenvalue weighted by Gasteiger charge is 2.27. The molecule has 208 valence electrons. The van der Waals surface area contributed by atoms with Crippen molar-refractivity contribution in [2.75, 3.05) is 0 Å². The van der Waals surface area contributed by atoms with E-state index in [-0.39, 0.29) is 5.41 Å². The number of rotatable bonds is 5. The Hall–Kier alpha value is -4.64. The van der Waals surface area contributed by atoms with Gasteiger partial charge in [0.15, 0.2) is 0 Å². The van der Waals surface area contributed by atoms with Crippen LogP contribution in [0.3, 0.4) is 0 Å². The quantitative estimate of drug-likeness (QED) is 0.193. The van der Waals surface area contributed by atoms with E-state index in [4.69, 9.17) is 0 Å². The summed E-state index contributed by atoms with van der Waals surface area (Å²) < 4.78 is 0. The molecule has 0 saturated carbocycles. The van der Waals surface area contributed by atoms with E-state index in [1.54, 1.807) is 0 Å². The molecule has 0 saturated heterocycles. The summed E-state index contributed by atoms with van der Waals surface area (Å²) in [6, 6.07) is 48.4. The second-order valence-corrected chi connectivity index (χ2v) is 13.3. The fraction of sp³-hybridized carbons (Fsp3) is 0.143. The molecule has 6 aromatic rings. The van der Waals surface area contributed by atoms with Crippen LogP contribution >= 0.6 is 11.3 Å². The highest BCUT2D eigenvalue weighted by molar-refractivity contribution is 7.19. The van der Waals surface area contributed by atoms with Gasteiger partial charge in [0.05, 0.1) is 0 Å². The molecule has 0 spiro atoms. The lowest BCUT2D eigenvalue weighted by Crippen LogP contribution is -2.12. The van der Waals surface area contributed by atoms with Gasteiger partial charge >= 0.3 is 0 Å². The van der Waals surface area contributed by atoms with Gasteiger partial charge in [-0.05, 0) is 92.6 Å². The van der Waals surface area contributed by atoms with Crippen LogP contribution in [0.4, 0.5) is 0 Å². The first-order chi connectivity index (χ1) is 21.0. The topological polar surface area (TPSA) is 0 Å². The lowest BCUT2D eigenvalue weighted by Gasteiger charge is -2.25. The van der Waals surface area contributed by atoms with E-state index in [0.717, 1.165) is 18.4 Å².